The first-order valence-corrected chi connectivity index (χ1v) is 11.1. The van der Waals surface area contributed by atoms with Gasteiger partial charge < -0.3 is 9.30 Å². The van der Waals surface area contributed by atoms with Crippen LogP contribution in [0.1, 0.15) is 27.3 Å². The number of nitrogens with zero attached hydrogens (tertiary/aromatic N) is 2. The molecule has 1 aliphatic heterocycles. The number of hydrogen-bond donors (Lipinski definition) is 1. The maximum absolute atomic E-state index is 13.3. The minimum Gasteiger partial charge on any atom is -0.465 e. The number of esters is 1. The zero-order valence-corrected chi connectivity index (χ0v) is 20.4. The molecule has 1 aromatic heterocycles. The molecule has 2 heterocycles. The van der Waals surface area contributed by atoms with Crippen LogP contribution in [0, 0.1) is 13.8 Å². The van der Waals surface area contributed by atoms with Crippen molar-refractivity contribution in [3.05, 3.63) is 86.7 Å². The van der Waals surface area contributed by atoms with Crippen molar-refractivity contribution >= 4 is 58.8 Å². The van der Waals surface area contributed by atoms with Gasteiger partial charge in [0.2, 0.25) is 0 Å². The molecule has 0 unspecified atom stereocenters. The fourth-order valence-electron chi connectivity index (χ4n) is 3.92. The summed E-state index contributed by atoms with van der Waals surface area (Å²) >= 11 is 12.3. The molecule has 2 aromatic carbocycles. The van der Waals surface area contributed by atoms with E-state index in [0.717, 1.165) is 10.6 Å². The molecule has 0 radical (unpaired) electrons. The van der Waals surface area contributed by atoms with Crippen molar-refractivity contribution in [2.45, 2.75) is 13.8 Å². The van der Waals surface area contributed by atoms with Crippen molar-refractivity contribution in [2.24, 2.45) is 0 Å². The monoisotopic (exact) mass is 511 g/mol. The molecule has 35 heavy (non-hydrogen) atoms. The van der Waals surface area contributed by atoms with E-state index in [2.05, 4.69) is 5.32 Å². The highest BCUT2D eigenvalue weighted by Gasteiger charge is 2.38. The summed E-state index contributed by atoms with van der Waals surface area (Å²) in [4.78, 5) is 51.1. The molecule has 1 N–H and O–H groups in total. The van der Waals surface area contributed by atoms with Crippen LogP contribution in [0.3, 0.4) is 0 Å². The molecule has 0 atom stereocenters. The van der Waals surface area contributed by atoms with Crippen molar-refractivity contribution in [2.75, 3.05) is 12.0 Å². The summed E-state index contributed by atoms with van der Waals surface area (Å²) in [7, 11) is 1.31. The molecule has 10 heteroatoms. The number of benzene rings is 2. The van der Waals surface area contributed by atoms with Crippen LogP contribution in [-0.2, 0) is 14.3 Å². The van der Waals surface area contributed by atoms with Crippen LogP contribution in [0.2, 0.25) is 10.0 Å². The number of halogens is 2. The first kappa shape index (κ1) is 24.3. The number of imide groups is 2. The molecular weight excluding hydrogens is 493 g/mol. The molecule has 4 amide bonds. The fraction of sp³-hybridized carbons (Fsp3) is 0.120. The lowest BCUT2D eigenvalue weighted by molar-refractivity contribution is -0.122. The summed E-state index contributed by atoms with van der Waals surface area (Å²) in [5.74, 6) is -2.13. The number of aryl methyl sites for hydroxylation is 1. The number of rotatable bonds is 4. The van der Waals surface area contributed by atoms with Crippen molar-refractivity contribution in [1.29, 1.82) is 0 Å². The van der Waals surface area contributed by atoms with Gasteiger partial charge in [-0.15, -0.1) is 0 Å². The molecule has 4 rings (SSSR count). The minimum absolute atomic E-state index is 0.00929. The average Bonchev–Trinajstić information content (AvgIpc) is 3.11. The van der Waals surface area contributed by atoms with Crippen molar-refractivity contribution < 1.29 is 23.9 Å². The summed E-state index contributed by atoms with van der Waals surface area (Å²) in [6, 6.07) is 12.3. The number of barbiturate groups is 1. The van der Waals surface area contributed by atoms with E-state index >= 15 is 0 Å². The van der Waals surface area contributed by atoms with Crippen LogP contribution >= 0.6 is 23.2 Å². The van der Waals surface area contributed by atoms with Crippen LogP contribution < -0.4 is 10.2 Å². The molecule has 178 valence electrons. The molecule has 0 saturated carbocycles. The Morgan fingerprint density at radius 1 is 1.03 bits per heavy atom. The van der Waals surface area contributed by atoms with Gasteiger partial charge in [-0.25, -0.2) is 14.5 Å². The zero-order chi connectivity index (χ0) is 25.4. The second kappa shape index (κ2) is 9.40. The predicted octanol–water partition coefficient (Wildman–Crippen LogP) is 4.85. The van der Waals surface area contributed by atoms with Gasteiger partial charge in [0, 0.05) is 17.1 Å². The third kappa shape index (κ3) is 4.34. The fourth-order valence-corrected chi connectivity index (χ4v) is 4.30. The lowest BCUT2D eigenvalue weighted by Crippen LogP contribution is -2.54. The van der Waals surface area contributed by atoms with E-state index in [1.807, 2.05) is 24.5 Å². The number of methoxy groups -OCH3 is 1. The number of nitrogens with one attached hydrogen (secondary N) is 1. The summed E-state index contributed by atoms with van der Waals surface area (Å²) < 4.78 is 6.67. The number of urea groups is 1. The van der Waals surface area contributed by atoms with Crippen LogP contribution in [0.4, 0.5) is 10.5 Å². The van der Waals surface area contributed by atoms with Gasteiger partial charge in [-0.3, -0.25) is 14.9 Å². The Morgan fingerprint density at radius 2 is 1.74 bits per heavy atom. The quantitative estimate of drug-likeness (QED) is 0.306. The van der Waals surface area contributed by atoms with Crippen molar-refractivity contribution in [3.8, 4) is 5.69 Å². The van der Waals surface area contributed by atoms with Gasteiger partial charge in [0.15, 0.2) is 0 Å². The first-order chi connectivity index (χ1) is 16.6. The highest BCUT2D eigenvalue weighted by molar-refractivity contribution is 6.46. The Labute approximate surface area is 210 Å². The van der Waals surface area contributed by atoms with Crippen LogP contribution in [0.15, 0.2) is 54.1 Å². The number of amides is 4. The Balaban J connectivity index is 1.77. The molecule has 8 nitrogen and oxygen atoms in total. The second-order valence-electron chi connectivity index (χ2n) is 7.73. The molecule has 0 aliphatic carbocycles. The standard InChI is InChI=1S/C25H19Cl2N3O5/c1-13-10-16(14(2)29(13)17-7-4-6-15(11-17)24(33)35-3)12-18-22(31)28-25(34)30(23(18)32)20-9-5-8-19(26)21(20)27/h4-12H,1-3H3,(H,28,31,34)/b18-12+. The normalized spacial score (nSPS) is 14.9. The van der Waals surface area contributed by atoms with Gasteiger partial charge in [-0.1, -0.05) is 35.3 Å². The summed E-state index contributed by atoms with van der Waals surface area (Å²) in [6.45, 7) is 3.66. The molecule has 1 saturated heterocycles. The van der Waals surface area contributed by atoms with Gasteiger partial charge in [0.05, 0.1) is 28.4 Å². The lowest BCUT2D eigenvalue weighted by Gasteiger charge is -2.27. The molecule has 1 aliphatic rings. The molecule has 0 bridgehead atoms. The van der Waals surface area contributed by atoms with E-state index in [9.17, 15) is 19.2 Å². The minimum atomic E-state index is -0.925. The smallest absolute Gasteiger partial charge is 0.337 e. The zero-order valence-electron chi connectivity index (χ0n) is 18.9. The second-order valence-corrected chi connectivity index (χ2v) is 8.52. The number of hydrogen-bond acceptors (Lipinski definition) is 5. The van der Waals surface area contributed by atoms with Crippen molar-refractivity contribution in [1.82, 2.24) is 9.88 Å². The summed E-state index contributed by atoms with van der Waals surface area (Å²) in [6.07, 6.45) is 1.42. The first-order valence-electron chi connectivity index (χ1n) is 10.4. The largest absolute Gasteiger partial charge is 0.465 e. The summed E-state index contributed by atoms with van der Waals surface area (Å²) in [5.41, 5.74) is 2.99. The average molecular weight is 512 g/mol. The number of carbonyl (C=O) groups is 4. The van der Waals surface area contributed by atoms with Gasteiger partial charge in [-0.05, 0) is 61.9 Å². The van der Waals surface area contributed by atoms with Gasteiger partial charge in [0.1, 0.15) is 5.57 Å². The van der Waals surface area contributed by atoms with Crippen LogP contribution in [0.25, 0.3) is 11.8 Å². The van der Waals surface area contributed by atoms with Crippen LogP contribution in [-0.4, -0.2) is 35.5 Å². The Hall–Kier alpha value is -3.88. The predicted molar refractivity (Wildman–Crippen MR) is 132 cm³/mol. The Bertz CT molecular complexity index is 1440. The van der Waals surface area contributed by atoms with E-state index in [-0.39, 0.29) is 21.3 Å². The van der Waals surface area contributed by atoms with Gasteiger partial charge >= 0.3 is 12.0 Å². The van der Waals surface area contributed by atoms with E-state index in [4.69, 9.17) is 27.9 Å². The molecule has 1 fully saturated rings. The molecular formula is C25H19Cl2N3O5. The molecule has 0 spiro atoms. The summed E-state index contributed by atoms with van der Waals surface area (Å²) in [5, 5.41) is 2.34. The maximum Gasteiger partial charge on any atom is 0.337 e. The Kier molecular flexibility index (Phi) is 6.51. The third-order valence-corrected chi connectivity index (χ3v) is 6.38. The van der Waals surface area contributed by atoms with Gasteiger partial charge in [0.25, 0.3) is 11.8 Å². The number of ether oxygens (including phenoxy) is 1. The number of carbonyl (C=O) groups excluding carboxylic acids is 4. The van der Waals surface area contributed by atoms with E-state index in [0.29, 0.717) is 22.5 Å². The lowest BCUT2D eigenvalue weighted by atomic mass is 10.1. The third-order valence-electron chi connectivity index (χ3n) is 5.57. The van der Waals surface area contributed by atoms with Crippen LogP contribution in [0.5, 0.6) is 0 Å². The van der Waals surface area contributed by atoms with Gasteiger partial charge in [-0.2, -0.15) is 0 Å². The van der Waals surface area contributed by atoms with E-state index in [1.54, 1.807) is 30.3 Å². The van der Waals surface area contributed by atoms with E-state index in [1.165, 1.54) is 25.3 Å². The number of anilines is 1. The Morgan fingerprint density at radius 3 is 2.46 bits per heavy atom. The highest BCUT2D eigenvalue weighted by Crippen LogP contribution is 2.34. The number of aromatic nitrogens is 1. The highest BCUT2D eigenvalue weighted by atomic mass is 35.5. The molecule has 3 aromatic rings. The maximum atomic E-state index is 13.3. The SMILES string of the molecule is COC(=O)c1cccc(-n2c(C)cc(/C=C3\C(=O)NC(=O)N(c4cccc(Cl)c4Cl)C3=O)c2C)c1. The van der Waals surface area contributed by atoms with Crippen molar-refractivity contribution in [3.63, 3.8) is 0 Å². The van der Waals surface area contributed by atoms with E-state index < -0.39 is 23.8 Å². The topological polar surface area (TPSA) is 97.7 Å².